The van der Waals surface area contributed by atoms with Crippen molar-refractivity contribution >= 4 is 40.4 Å². The summed E-state index contributed by atoms with van der Waals surface area (Å²) in [4.78, 5) is 22.2. The summed E-state index contributed by atoms with van der Waals surface area (Å²) in [5.41, 5.74) is 3.16. The minimum atomic E-state index is -4.47. The van der Waals surface area contributed by atoms with E-state index in [-0.39, 0.29) is 24.3 Å². The second-order valence-electron chi connectivity index (χ2n) is 7.07. The first-order chi connectivity index (χ1) is 16.1. The Morgan fingerprint density at radius 3 is 2.47 bits per heavy atom. The molecule has 0 fully saturated rings. The Kier molecular flexibility index (Phi) is 8.21. The molecule has 3 rings (SSSR count). The summed E-state index contributed by atoms with van der Waals surface area (Å²) in [7, 11) is 0. The quantitative estimate of drug-likeness (QED) is 0.164. The predicted octanol–water partition coefficient (Wildman–Crippen LogP) is 5.49. The monoisotopic (exact) mass is 583 g/mol. The minimum absolute atomic E-state index is 0.00360. The van der Waals surface area contributed by atoms with Crippen molar-refractivity contribution in [3.05, 3.63) is 103 Å². The Balaban J connectivity index is 1.53. The maximum Gasteiger partial charge on any atom is 0.416 e. The molecule has 1 amide bonds. The molecule has 0 atom stereocenters. The van der Waals surface area contributed by atoms with Crippen LogP contribution < -0.4 is 10.2 Å². The molecule has 11 heteroatoms. The van der Waals surface area contributed by atoms with E-state index >= 15 is 0 Å². The van der Waals surface area contributed by atoms with E-state index in [0.29, 0.717) is 11.3 Å². The lowest BCUT2D eigenvalue weighted by Gasteiger charge is -2.09. The Bertz CT molecular complexity index is 1210. The summed E-state index contributed by atoms with van der Waals surface area (Å²) in [5.74, 6) is 0.0537. The summed E-state index contributed by atoms with van der Waals surface area (Å²) < 4.78 is 44.9. The molecular weight excluding hydrogens is 566 g/mol. The summed E-state index contributed by atoms with van der Waals surface area (Å²) in [5, 5.41) is 14.6. The number of nitro groups is 1. The number of alkyl halides is 3. The fourth-order valence-electron chi connectivity index (χ4n) is 2.85. The second-order valence-corrected chi connectivity index (χ2v) is 8.23. The summed E-state index contributed by atoms with van der Waals surface area (Å²) >= 11 is 2.08. The molecule has 0 aliphatic carbocycles. The van der Waals surface area contributed by atoms with Crippen molar-refractivity contribution in [2.75, 3.05) is 0 Å². The largest absolute Gasteiger partial charge is 0.488 e. The number of amides is 1. The molecule has 0 heterocycles. The first-order valence-corrected chi connectivity index (χ1v) is 10.8. The highest BCUT2D eigenvalue weighted by atomic mass is 127. The first kappa shape index (κ1) is 25.1. The molecule has 0 aliphatic rings. The van der Waals surface area contributed by atoms with Crippen LogP contribution >= 0.6 is 22.6 Å². The number of rotatable bonds is 8. The van der Waals surface area contributed by atoms with Crippen molar-refractivity contribution in [2.24, 2.45) is 5.10 Å². The van der Waals surface area contributed by atoms with Crippen LogP contribution in [-0.4, -0.2) is 17.0 Å². The SMILES string of the molecule is O=C(Cc1cccc(C(F)(F)F)c1)N/N=C/c1ccc(OCc2ccc([N+](=O)[O-])cc2)c(I)c1. The van der Waals surface area contributed by atoms with Crippen LogP contribution in [0.1, 0.15) is 22.3 Å². The summed E-state index contributed by atoms with van der Waals surface area (Å²) in [6, 6.07) is 15.8. The number of hydrazone groups is 1. The molecule has 0 bridgehead atoms. The standard InChI is InChI=1S/C23H17F3IN3O4/c24-23(25,26)18-3-1-2-16(10-18)12-22(31)29-28-13-17-6-9-21(20(27)11-17)34-14-15-4-7-19(8-5-15)30(32)33/h1-11,13H,12,14H2,(H,29,31)/b28-13+. The highest BCUT2D eigenvalue weighted by molar-refractivity contribution is 14.1. The maximum atomic E-state index is 12.8. The van der Waals surface area contributed by atoms with Gasteiger partial charge in [-0.2, -0.15) is 18.3 Å². The number of carbonyl (C=O) groups excluding carboxylic acids is 1. The van der Waals surface area contributed by atoms with E-state index in [0.717, 1.165) is 21.3 Å². The van der Waals surface area contributed by atoms with E-state index in [2.05, 4.69) is 33.1 Å². The molecule has 7 nitrogen and oxygen atoms in total. The van der Waals surface area contributed by atoms with Gasteiger partial charge in [0.05, 0.1) is 26.7 Å². The number of ether oxygens (including phenoxy) is 1. The van der Waals surface area contributed by atoms with Gasteiger partial charge in [-0.05, 0) is 75.7 Å². The van der Waals surface area contributed by atoms with Gasteiger partial charge in [-0.1, -0.05) is 18.2 Å². The van der Waals surface area contributed by atoms with Crippen molar-refractivity contribution < 1.29 is 27.6 Å². The number of hydrogen-bond acceptors (Lipinski definition) is 5. The van der Waals surface area contributed by atoms with Crippen molar-refractivity contribution in [3.8, 4) is 5.75 Å². The Labute approximate surface area is 205 Å². The smallest absolute Gasteiger partial charge is 0.416 e. The number of nitrogens with zero attached hydrogens (tertiary/aromatic N) is 2. The average Bonchev–Trinajstić information content (AvgIpc) is 2.78. The lowest BCUT2D eigenvalue weighted by atomic mass is 10.1. The third-order valence-corrected chi connectivity index (χ3v) is 5.36. The van der Waals surface area contributed by atoms with Crippen molar-refractivity contribution in [3.63, 3.8) is 0 Å². The van der Waals surface area contributed by atoms with Crippen LogP contribution in [0.3, 0.4) is 0 Å². The van der Waals surface area contributed by atoms with E-state index < -0.39 is 22.6 Å². The number of halogens is 4. The number of nitro benzene ring substituents is 1. The van der Waals surface area contributed by atoms with Gasteiger partial charge < -0.3 is 4.74 Å². The molecule has 34 heavy (non-hydrogen) atoms. The van der Waals surface area contributed by atoms with Gasteiger partial charge in [0.15, 0.2) is 0 Å². The van der Waals surface area contributed by atoms with Crippen LogP contribution in [0, 0.1) is 13.7 Å². The molecular formula is C23H17F3IN3O4. The average molecular weight is 583 g/mol. The van der Waals surface area contributed by atoms with Gasteiger partial charge in [0.2, 0.25) is 5.91 Å². The normalized spacial score (nSPS) is 11.4. The van der Waals surface area contributed by atoms with Gasteiger partial charge in [0.25, 0.3) is 5.69 Å². The zero-order valence-electron chi connectivity index (χ0n) is 17.4. The topological polar surface area (TPSA) is 93.8 Å². The van der Waals surface area contributed by atoms with Crippen LogP contribution in [0.15, 0.2) is 71.8 Å². The van der Waals surface area contributed by atoms with Crippen molar-refractivity contribution in [1.82, 2.24) is 5.43 Å². The lowest BCUT2D eigenvalue weighted by Crippen LogP contribution is -2.20. The molecule has 0 aromatic heterocycles. The second kappa shape index (κ2) is 11.1. The fraction of sp³-hybridized carbons (Fsp3) is 0.130. The Hall–Kier alpha value is -3.48. The molecule has 0 unspecified atom stereocenters. The van der Waals surface area contributed by atoms with Crippen LogP contribution in [0.4, 0.5) is 18.9 Å². The van der Waals surface area contributed by atoms with Crippen LogP contribution in [0.5, 0.6) is 5.75 Å². The van der Waals surface area contributed by atoms with Crippen molar-refractivity contribution in [2.45, 2.75) is 19.2 Å². The summed E-state index contributed by atoms with van der Waals surface area (Å²) in [6.07, 6.45) is -3.31. The van der Waals surface area contributed by atoms with Crippen LogP contribution in [-0.2, 0) is 24.0 Å². The lowest BCUT2D eigenvalue weighted by molar-refractivity contribution is -0.384. The highest BCUT2D eigenvalue weighted by Crippen LogP contribution is 2.29. The van der Waals surface area contributed by atoms with Crippen molar-refractivity contribution in [1.29, 1.82) is 0 Å². The van der Waals surface area contributed by atoms with Gasteiger partial charge in [0, 0.05) is 12.1 Å². The fourth-order valence-corrected chi connectivity index (χ4v) is 3.55. The van der Waals surface area contributed by atoms with E-state index in [4.69, 9.17) is 4.74 Å². The molecule has 1 N–H and O–H groups in total. The number of benzene rings is 3. The Morgan fingerprint density at radius 1 is 1.09 bits per heavy atom. The Morgan fingerprint density at radius 2 is 1.82 bits per heavy atom. The third kappa shape index (κ3) is 7.27. The van der Waals surface area contributed by atoms with Gasteiger partial charge >= 0.3 is 6.18 Å². The number of hydrogen-bond donors (Lipinski definition) is 1. The number of nitrogens with one attached hydrogen (secondary N) is 1. The van der Waals surface area contributed by atoms with Gasteiger partial charge in [-0.25, -0.2) is 5.43 Å². The summed E-state index contributed by atoms with van der Waals surface area (Å²) in [6.45, 7) is 0.229. The van der Waals surface area contributed by atoms with Gasteiger partial charge in [0.1, 0.15) is 12.4 Å². The van der Waals surface area contributed by atoms with E-state index in [1.165, 1.54) is 30.5 Å². The highest BCUT2D eigenvalue weighted by Gasteiger charge is 2.30. The minimum Gasteiger partial charge on any atom is -0.488 e. The first-order valence-electron chi connectivity index (χ1n) is 9.75. The molecule has 0 saturated heterocycles. The molecule has 0 saturated carbocycles. The van der Waals surface area contributed by atoms with E-state index in [1.54, 1.807) is 30.3 Å². The van der Waals surface area contributed by atoms with Gasteiger partial charge in [-0.3, -0.25) is 14.9 Å². The van der Waals surface area contributed by atoms with E-state index in [9.17, 15) is 28.1 Å². The third-order valence-electron chi connectivity index (χ3n) is 4.52. The van der Waals surface area contributed by atoms with E-state index in [1.807, 2.05) is 0 Å². The molecule has 0 aliphatic heterocycles. The zero-order valence-corrected chi connectivity index (χ0v) is 19.5. The molecule has 3 aromatic carbocycles. The predicted molar refractivity (Wildman–Crippen MR) is 127 cm³/mol. The molecule has 176 valence electrons. The molecule has 0 spiro atoms. The zero-order chi connectivity index (χ0) is 24.7. The van der Waals surface area contributed by atoms with Gasteiger partial charge in [-0.15, -0.1) is 0 Å². The number of carbonyl (C=O) groups is 1. The van der Waals surface area contributed by atoms with Crippen LogP contribution in [0.25, 0.3) is 0 Å². The molecule has 0 radical (unpaired) electrons. The maximum absolute atomic E-state index is 12.8. The van der Waals surface area contributed by atoms with Crippen LogP contribution in [0.2, 0.25) is 0 Å². The number of non-ortho nitro benzene ring substituents is 1. The molecule has 3 aromatic rings.